The molecule has 0 aliphatic heterocycles. The number of hydrogen-bond donors (Lipinski definition) is 0. The first-order valence-corrected chi connectivity index (χ1v) is 8.00. The Morgan fingerprint density at radius 3 is 2.88 bits per heavy atom. The normalized spacial score (nSPS) is 12.6. The fourth-order valence-electron chi connectivity index (χ4n) is 1.26. The third-order valence-electron chi connectivity index (χ3n) is 2.09. The van der Waals surface area contributed by atoms with Gasteiger partial charge in [0.2, 0.25) is 0 Å². The van der Waals surface area contributed by atoms with Gasteiger partial charge in [0.25, 0.3) is 0 Å². The van der Waals surface area contributed by atoms with Crippen LogP contribution in [0.25, 0.3) is 0 Å². The maximum atomic E-state index is 4.19. The van der Waals surface area contributed by atoms with E-state index >= 15 is 0 Å². The van der Waals surface area contributed by atoms with Crippen molar-refractivity contribution in [3.8, 4) is 0 Å². The van der Waals surface area contributed by atoms with Crippen LogP contribution in [0, 0.1) is 0 Å². The average molecular weight is 283 g/mol. The molecule has 2 aromatic heterocycles. The SMILES string of the molecule is CCSc1nnc(S[C@@H](C)c2cccnc2)s1. The summed E-state index contributed by atoms with van der Waals surface area (Å²) in [6, 6.07) is 4.05. The Kier molecular flexibility index (Phi) is 4.82. The van der Waals surface area contributed by atoms with Crippen molar-refractivity contribution in [3.05, 3.63) is 30.1 Å². The van der Waals surface area contributed by atoms with Crippen molar-refractivity contribution in [1.82, 2.24) is 15.2 Å². The van der Waals surface area contributed by atoms with Gasteiger partial charge in [-0.3, -0.25) is 4.98 Å². The Hall–Kier alpha value is -0.590. The van der Waals surface area contributed by atoms with Crippen LogP contribution >= 0.6 is 34.9 Å². The standard InChI is InChI=1S/C11H13N3S3/c1-3-15-10-13-14-11(17-10)16-8(2)9-5-4-6-12-7-9/h4-8H,3H2,1-2H3/t8-/m0/s1. The zero-order chi connectivity index (χ0) is 12.1. The van der Waals surface area contributed by atoms with Gasteiger partial charge in [-0.05, 0) is 24.3 Å². The second-order valence-corrected chi connectivity index (χ2v) is 7.39. The lowest BCUT2D eigenvalue weighted by Gasteiger charge is -2.07. The van der Waals surface area contributed by atoms with E-state index in [0.717, 1.165) is 14.4 Å². The van der Waals surface area contributed by atoms with E-state index in [-0.39, 0.29) is 0 Å². The highest BCUT2D eigenvalue weighted by atomic mass is 32.2. The van der Waals surface area contributed by atoms with Gasteiger partial charge in [-0.15, -0.1) is 10.2 Å². The summed E-state index contributed by atoms with van der Waals surface area (Å²) in [6.07, 6.45) is 3.70. The van der Waals surface area contributed by atoms with Gasteiger partial charge in [0.05, 0.1) is 0 Å². The molecule has 0 aliphatic rings. The second-order valence-electron chi connectivity index (χ2n) is 3.31. The number of hydrogen-bond acceptors (Lipinski definition) is 6. The minimum Gasteiger partial charge on any atom is -0.264 e. The summed E-state index contributed by atoms with van der Waals surface area (Å²) in [5.74, 6) is 1.04. The van der Waals surface area contributed by atoms with Crippen molar-refractivity contribution < 1.29 is 0 Å². The molecule has 1 atom stereocenters. The van der Waals surface area contributed by atoms with Gasteiger partial charge in [-0.2, -0.15) is 0 Å². The minimum absolute atomic E-state index is 0.358. The van der Waals surface area contributed by atoms with E-state index < -0.39 is 0 Å². The van der Waals surface area contributed by atoms with Crippen LogP contribution in [0.1, 0.15) is 24.7 Å². The molecule has 0 bridgehead atoms. The van der Waals surface area contributed by atoms with E-state index in [0.29, 0.717) is 5.25 Å². The molecule has 0 radical (unpaired) electrons. The van der Waals surface area contributed by atoms with Crippen LogP contribution in [0.4, 0.5) is 0 Å². The van der Waals surface area contributed by atoms with Gasteiger partial charge in [0.1, 0.15) is 0 Å². The molecule has 3 nitrogen and oxygen atoms in total. The highest BCUT2D eigenvalue weighted by molar-refractivity contribution is 8.03. The summed E-state index contributed by atoms with van der Waals surface area (Å²) in [4.78, 5) is 4.13. The Balaban J connectivity index is 2.00. The quantitative estimate of drug-likeness (QED) is 0.778. The van der Waals surface area contributed by atoms with E-state index in [9.17, 15) is 0 Å². The Morgan fingerprint density at radius 2 is 2.18 bits per heavy atom. The molecule has 0 unspecified atom stereocenters. The minimum atomic E-state index is 0.358. The number of rotatable bonds is 5. The van der Waals surface area contributed by atoms with E-state index in [2.05, 4.69) is 35.1 Å². The van der Waals surface area contributed by atoms with E-state index in [1.807, 2.05) is 12.3 Å². The molecule has 6 heteroatoms. The maximum absolute atomic E-state index is 4.19. The predicted octanol–water partition coefficient (Wildman–Crippen LogP) is 3.90. The average Bonchev–Trinajstić information content (AvgIpc) is 2.78. The van der Waals surface area contributed by atoms with Gasteiger partial charge >= 0.3 is 0 Å². The molecular weight excluding hydrogens is 270 g/mol. The number of pyridine rings is 1. The summed E-state index contributed by atoms with van der Waals surface area (Å²) in [5.41, 5.74) is 1.22. The van der Waals surface area contributed by atoms with Crippen LogP contribution in [0.2, 0.25) is 0 Å². The third-order valence-corrected chi connectivity index (χ3v) is 5.27. The maximum Gasteiger partial charge on any atom is 0.175 e. The van der Waals surface area contributed by atoms with Gasteiger partial charge in [-0.1, -0.05) is 47.9 Å². The number of aromatic nitrogens is 3. The van der Waals surface area contributed by atoms with Gasteiger partial charge in [-0.25, -0.2) is 0 Å². The molecule has 0 saturated carbocycles. The van der Waals surface area contributed by atoms with Crippen molar-refractivity contribution in [1.29, 1.82) is 0 Å². The van der Waals surface area contributed by atoms with Crippen molar-refractivity contribution in [3.63, 3.8) is 0 Å². The third kappa shape index (κ3) is 3.69. The Morgan fingerprint density at radius 1 is 1.35 bits per heavy atom. The zero-order valence-corrected chi connectivity index (χ0v) is 12.1. The zero-order valence-electron chi connectivity index (χ0n) is 9.66. The fourth-order valence-corrected chi connectivity index (χ4v) is 4.43. The second kappa shape index (κ2) is 6.37. The van der Waals surface area contributed by atoms with Crippen LogP contribution in [0.5, 0.6) is 0 Å². The van der Waals surface area contributed by atoms with Crippen LogP contribution < -0.4 is 0 Å². The van der Waals surface area contributed by atoms with Crippen LogP contribution in [0.15, 0.2) is 33.2 Å². The molecule has 0 spiro atoms. The smallest absolute Gasteiger partial charge is 0.175 e. The van der Waals surface area contributed by atoms with Crippen molar-refractivity contribution in [2.24, 2.45) is 0 Å². The summed E-state index contributed by atoms with van der Waals surface area (Å²) < 4.78 is 2.07. The first-order valence-electron chi connectivity index (χ1n) is 5.32. The monoisotopic (exact) mass is 283 g/mol. The molecule has 17 heavy (non-hydrogen) atoms. The molecule has 0 N–H and O–H groups in total. The Bertz CT molecular complexity index is 458. The molecule has 2 heterocycles. The van der Waals surface area contributed by atoms with Crippen LogP contribution in [-0.2, 0) is 0 Å². The molecule has 0 amide bonds. The lowest BCUT2D eigenvalue weighted by molar-refractivity contribution is 0.949. The fraction of sp³-hybridized carbons (Fsp3) is 0.364. The molecular formula is C11H13N3S3. The van der Waals surface area contributed by atoms with E-state index in [1.54, 1.807) is 41.1 Å². The van der Waals surface area contributed by atoms with Crippen LogP contribution in [-0.4, -0.2) is 20.9 Å². The topological polar surface area (TPSA) is 38.7 Å². The first-order chi connectivity index (χ1) is 8.29. The van der Waals surface area contributed by atoms with Gasteiger partial charge in [0, 0.05) is 17.6 Å². The van der Waals surface area contributed by atoms with E-state index in [1.165, 1.54) is 5.56 Å². The van der Waals surface area contributed by atoms with Gasteiger partial charge < -0.3 is 0 Å². The number of nitrogens with zero attached hydrogens (tertiary/aromatic N) is 3. The van der Waals surface area contributed by atoms with Crippen molar-refractivity contribution in [2.45, 2.75) is 27.8 Å². The molecule has 0 saturated heterocycles. The van der Waals surface area contributed by atoms with Gasteiger partial charge in [0.15, 0.2) is 8.68 Å². The highest BCUT2D eigenvalue weighted by Gasteiger charge is 2.11. The van der Waals surface area contributed by atoms with Crippen LogP contribution in [0.3, 0.4) is 0 Å². The molecule has 90 valence electrons. The van der Waals surface area contributed by atoms with Crippen molar-refractivity contribution >= 4 is 34.9 Å². The molecule has 0 aromatic carbocycles. The molecule has 2 rings (SSSR count). The summed E-state index contributed by atoms with van der Waals surface area (Å²) >= 11 is 5.14. The predicted molar refractivity (Wildman–Crippen MR) is 74.8 cm³/mol. The van der Waals surface area contributed by atoms with Crippen molar-refractivity contribution in [2.75, 3.05) is 5.75 Å². The first kappa shape index (κ1) is 12.9. The number of thioether (sulfide) groups is 2. The molecule has 0 fully saturated rings. The largest absolute Gasteiger partial charge is 0.264 e. The highest BCUT2D eigenvalue weighted by Crippen LogP contribution is 2.37. The summed E-state index contributed by atoms with van der Waals surface area (Å²) in [6.45, 7) is 4.28. The lowest BCUT2D eigenvalue weighted by atomic mass is 10.2. The molecule has 0 aliphatic carbocycles. The summed E-state index contributed by atoms with van der Waals surface area (Å²) in [7, 11) is 0. The Labute approximate surface area is 113 Å². The molecule has 2 aromatic rings. The summed E-state index contributed by atoms with van der Waals surface area (Å²) in [5, 5.41) is 8.70. The van der Waals surface area contributed by atoms with E-state index in [4.69, 9.17) is 0 Å². The lowest BCUT2D eigenvalue weighted by Crippen LogP contribution is -1.88.